The molecular formula is C14H9F9O3. The van der Waals surface area contributed by atoms with E-state index < -0.39 is 48.3 Å². The SMILES string of the molecule is O=Cc1ccc(OC(F)(F)C(F)(F)C(F)(F)CCC(F)(F)F)cc1C=O. The van der Waals surface area contributed by atoms with E-state index in [1.165, 1.54) is 0 Å². The lowest BCUT2D eigenvalue weighted by molar-refractivity contribution is -0.375. The van der Waals surface area contributed by atoms with Crippen LogP contribution in [0.5, 0.6) is 5.75 Å². The van der Waals surface area contributed by atoms with Gasteiger partial charge in [-0.1, -0.05) is 0 Å². The molecule has 0 radical (unpaired) electrons. The van der Waals surface area contributed by atoms with Gasteiger partial charge in [0.1, 0.15) is 5.75 Å². The summed E-state index contributed by atoms with van der Waals surface area (Å²) in [4.78, 5) is 21.2. The zero-order valence-corrected chi connectivity index (χ0v) is 12.4. The molecule has 26 heavy (non-hydrogen) atoms. The molecule has 0 aromatic heterocycles. The van der Waals surface area contributed by atoms with Crippen molar-refractivity contribution >= 4 is 12.6 Å². The minimum Gasteiger partial charge on any atom is -0.428 e. The van der Waals surface area contributed by atoms with Crippen molar-refractivity contribution in [3.63, 3.8) is 0 Å². The van der Waals surface area contributed by atoms with Gasteiger partial charge in [0.05, 0.1) is 0 Å². The van der Waals surface area contributed by atoms with Crippen molar-refractivity contribution in [1.29, 1.82) is 0 Å². The molecule has 0 N–H and O–H groups in total. The Balaban J connectivity index is 3.10. The van der Waals surface area contributed by atoms with E-state index in [0.717, 1.165) is 6.07 Å². The highest BCUT2D eigenvalue weighted by Gasteiger charge is 2.74. The third-order valence-corrected chi connectivity index (χ3v) is 3.11. The predicted octanol–water partition coefficient (Wildman–Crippen LogP) is 4.90. The van der Waals surface area contributed by atoms with Gasteiger partial charge < -0.3 is 4.74 Å². The van der Waals surface area contributed by atoms with Crippen molar-refractivity contribution in [3.05, 3.63) is 29.3 Å². The molecule has 0 aliphatic carbocycles. The Kier molecular flexibility index (Phi) is 5.99. The van der Waals surface area contributed by atoms with E-state index in [0.29, 0.717) is 12.1 Å². The first kappa shape index (κ1) is 21.8. The first-order valence-corrected chi connectivity index (χ1v) is 6.60. The summed E-state index contributed by atoms with van der Waals surface area (Å²) in [5.41, 5.74) is -0.876. The Morgan fingerprint density at radius 3 is 1.81 bits per heavy atom. The second-order valence-electron chi connectivity index (χ2n) is 5.04. The van der Waals surface area contributed by atoms with Crippen molar-refractivity contribution in [2.75, 3.05) is 0 Å². The lowest BCUT2D eigenvalue weighted by Gasteiger charge is -2.32. The molecule has 0 amide bonds. The lowest BCUT2D eigenvalue weighted by Crippen LogP contribution is -2.57. The van der Waals surface area contributed by atoms with Crippen LogP contribution in [0.25, 0.3) is 0 Å². The van der Waals surface area contributed by atoms with Crippen LogP contribution in [0.3, 0.4) is 0 Å². The quantitative estimate of drug-likeness (QED) is 0.464. The Morgan fingerprint density at radius 1 is 0.808 bits per heavy atom. The van der Waals surface area contributed by atoms with Crippen LogP contribution in [0, 0.1) is 0 Å². The van der Waals surface area contributed by atoms with Gasteiger partial charge in [-0.3, -0.25) is 9.59 Å². The molecular weight excluding hydrogens is 387 g/mol. The Bertz CT molecular complexity index is 668. The van der Waals surface area contributed by atoms with Gasteiger partial charge in [-0.25, -0.2) is 0 Å². The van der Waals surface area contributed by atoms with E-state index in [1.54, 1.807) is 0 Å². The molecule has 12 heteroatoms. The number of carbonyl (C=O) groups excluding carboxylic acids is 2. The summed E-state index contributed by atoms with van der Waals surface area (Å²) in [5.74, 6) is -13.2. The van der Waals surface area contributed by atoms with Gasteiger partial charge in [-0.2, -0.15) is 39.5 Å². The molecule has 0 spiro atoms. The van der Waals surface area contributed by atoms with Gasteiger partial charge in [0.15, 0.2) is 12.6 Å². The Labute approximate surface area is 139 Å². The summed E-state index contributed by atoms with van der Waals surface area (Å²) in [6, 6.07) is 1.66. The van der Waals surface area contributed by atoms with E-state index in [1.807, 2.05) is 0 Å². The number of halogens is 9. The van der Waals surface area contributed by atoms with Crippen molar-refractivity contribution < 1.29 is 53.8 Å². The van der Waals surface area contributed by atoms with E-state index >= 15 is 0 Å². The number of hydrogen-bond acceptors (Lipinski definition) is 3. The molecule has 0 fully saturated rings. The third kappa shape index (κ3) is 4.67. The largest absolute Gasteiger partial charge is 0.470 e. The summed E-state index contributed by atoms with van der Waals surface area (Å²) < 4.78 is 120. The summed E-state index contributed by atoms with van der Waals surface area (Å²) in [6.45, 7) is 0. The van der Waals surface area contributed by atoms with Gasteiger partial charge in [-0.15, -0.1) is 0 Å². The maximum Gasteiger partial charge on any atom is 0.470 e. The molecule has 0 heterocycles. The molecule has 1 aromatic carbocycles. The van der Waals surface area contributed by atoms with E-state index in [9.17, 15) is 49.1 Å². The summed E-state index contributed by atoms with van der Waals surface area (Å²) in [5, 5.41) is 0. The normalized spacial score (nSPS) is 13.4. The first-order valence-electron chi connectivity index (χ1n) is 6.60. The maximum absolute atomic E-state index is 13.5. The fourth-order valence-corrected chi connectivity index (χ4v) is 1.71. The highest BCUT2D eigenvalue weighted by molar-refractivity contribution is 5.90. The van der Waals surface area contributed by atoms with Crippen molar-refractivity contribution in [2.24, 2.45) is 0 Å². The van der Waals surface area contributed by atoms with Crippen LogP contribution in [0.15, 0.2) is 18.2 Å². The molecule has 3 nitrogen and oxygen atoms in total. The molecule has 1 rings (SSSR count). The highest BCUT2D eigenvalue weighted by Crippen LogP contribution is 2.49. The minimum atomic E-state index is -6.30. The zero-order chi connectivity index (χ0) is 20.4. The second-order valence-corrected chi connectivity index (χ2v) is 5.04. The molecule has 0 saturated carbocycles. The van der Waals surface area contributed by atoms with Gasteiger partial charge in [0.25, 0.3) is 0 Å². The third-order valence-electron chi connectivity index (χ3n) is 3.11. The summed E-state index contributed by atoms with van der Waals surface area (Å²) in [6.07, 6.45) is -16.1. The monoisotopic (exact) mass is 396 g/mol. The summed E-state index contributed by atoms with van der Waals surface area (Å²) in [7, 11) is 0. The molecule has 0 aliphatic heterocycles. The van der Waals surface area contributed by atoms with E-state index in [2.05, 4.69) is 4.74 Å². The average Bonchev–Trinajstić information content (AvgIpc) is 2.51. The number of alkyl halides is 9. The summed E-state index contributed by atoms with van der Waals surface area (Å²) >= 11 is 0. The van der Waals surface area contributed by atoms with Crippen LogP contribution >= 0.6 is 0 Å². The van der Waals surface area contributed by atoms with E-state index in [-0.39, 0.29) is 18.1 Å². The number of hydrogen-bond donors (Lipinski definition) is 0. The van der Waals surface area contributed by atoms with Crippen LogP contribution in [-0.4, -0.2) is 36.7 Å². The number of rotatable bonds is 8. The number of benzene rings is 1. The van der Waals surface area contributed by atoms with Crippen LogP contribution in [0.4, 0.5) is 39.5 Å². The second kappa shape index (κ2) is 7.16. The Hall–Kier alpha value is -2.27. The highest BCUT2D eigenvalue weighted by atomic mass is 19.4. The van der Waals surface area contributed by atoms with Gasteiger partial charge >= 0.3 is 24.1 Å². The fourth-order valence-electron chi connectivity index (χ4n) is 1.71. The molecule has 1 aromatic rings. The topological polar surface area (TPSA) is 43.4 Å². The van der Waals surface area contributed by atoms with Crippen LogP contribution in [0.2, 0.25) is 0 Å². The minimum absolute atomic E-state index is 0.00911. The van der Waals surface area contributed by atoms with Crippen molar-refractivity contribution in [3.8, 4) is 5.75 Å². The number of carbonyl (C=O) groups is 2. The molecule has 0 aliphatic rings. The number of aldehydes is 2. The maximum atomic E-state index is 13.5. The van der Waals surface area contributed by atoms with Crippen molar-refractivity contribution in [1.82, 2.24) is 0 Å². The lowest BCUT2D eigenvalue weighted by atomic mass is 10.0. The number of ether oxygens (including phenoxy) is 1. The molecule has 0 atom stereocenters. The van der Waals surface area contributed by atoms with Crippen LogP contribution in [-0.2, 0) is 0 Å². The first-order chi connectivity index (χ1) is 11.7. The van der Waals surface area contributed by atoms with Crippen LogP contribution < -0.4 is 4.74 Å². The Morgan fingerprint density at radius 2 is 1.35 bits per heavy atom. The smallest absolute Gasteiger partial charge is 0.428 e. The fraction of sp³-hybridized carbons (Fsp3) is 0.429. The van der Waals surface area contributed by atoms with Crippen molar-refractivity contribution in [2.45, 2.75) is 37.0 Å². The van der Waals surface area contributed by atoms with Gasteiger partial charge in [0.2, 0.25) is 0 Å². The standard InChI is InChI=1S/C14H9F9O3/c15-11(16,3-4-12(17,18)19)13(20,21)14(22,23)26-10-2-1-8(6-24)9(5-10)7-25/h1-2,5-7H,3-4H2. The molecule has 146 valence electrons. The molecule has 0 bridgehead atoms. The van der Waals surface area contributed by atoms with E-state index in [4.69, 9.17) is 0 Å². The average molecular weight is 396 g/mol. The zero-order valence-electron chi connectivity index (χ0n) is 12.4. The van der Waals surface area contributed by atoms with Gasteiger partial charge in [-0.05, 0) is 18.2 Å². The molecule has 0 saturated heterocycles. The van der Waals surface area contributed by atoms with Crippen LogP contribution in [0.1, 0.15) is 33.6 Å². The molecule has 0 unspecified atom stereocenters. The predicted molar refractivity (Wildman–Crippen MR) is 68.0 cm³/mol. The van der Waals surface area contributed by atoms with Gasteiger partial charge in [0, 0.05) is 24.0 Å².